The maximum atomic E-state index is 9.38. The van der Waals surface area contributed by atoms with Crippen molar-refractivity contribution < 1.29 is 4.52 Å². The molecule has 3 unspecified atom stereocenters. The minimum Gasteiger partial charge on any atom is -0.356 e. The van der Waals surface area contributed by atoms with Crippen LogP contribution in [0.1, 0.15) is 24.2 Å². The van der Waals surface area contributed by atoms with Crippen LogP contribution in [-0.2, 0) is 0 Å². The molecular formula is C21H25N7O. The largest absolute Gasteiger partial charge is 0.356 e. The molecule has 0 amide bonds. The molecule has 2 aliphatic rings. The monoisotopic (exact) mass is 391 g/mol. The lowest BCUT2D eigenvalue weighted by Gasteiger charge is -2.44. The van der Waals surface area contributed by atoms with Gasteiger partial charge in [0.25, 0.3) is 0 Å². The van der Waals surface area contributed by atoms with Crippen LogP contribution in [0.25, 0.3) is 11.3 Å². The summed E-state index contributed by atoms with van der Waals surface area (Å²) in [6, 6.07) is 13.8. The van der Waals surface area contributed by atoms with Crippen LogP contribution in [0.4, 0.5) is 0 Å². The molecule has 0 radical (unpaired) electrons. The van der Waals surface area contributed by atoms with Crippen molar-refractivity contribution in [2.24, 2.45) is 0 Å². The van der Waals surface area contributed by atoms with Crippen molar-refractivity contribution in [1.29, 1.82) is 10.5 Å². The third-order valence-electron chi connectivity index (χ3n) is 5.82. The van der Waals surface area contributed by atoms with Gasteiger partial charge in [0.05, 0.1) is 29.9 Å². The smallest absolute Gasteiger partial charge is 0.167 e. The van der Waals surface area contributed by atoms with Crippen LogP contribution in [-0.4, -0.2) is 66.4 Å². The van der Waals surface area contributed by atoms with Crippen LogP contribution < -0.4 is 10.6 Å². The van der Waals surface area contributed by atoms with Crippen LogP contribution in [0, 0.1) is 22.7 Å². The molecule has 2 N–H and O–H groups in total. The topological polar surface area (TPSA) is 104 Å². The molecule has 3 atom stereocenters. The van der Waals surface area contributed by atoms with Crippen molar-refractivity contribution in [3.63, 3.8) is 0 Å². The Bertz CT molecular complexity index is 920. The molecule has 2 saturated heterocycles. The SMILES string of the molecule is CC(c1cc(-c2cccc(C#N)c2)on1)N1CCN(C2NCCNC2C#N)CC1. The molecule has 2 aliphatic heterocycles. The molecule has 0 aliphatic carbocycles. The van der Waals surface area contributed by atoms with Crippen molar-refractivity contribution in [3.05, 3.63) is 41.6 Å². The van der Waals surface area contributed by atoms with Gasteiger partial charge < -0.3 is 4.52 Å². The summed E-state index contributed by atoms with van der Waals surface area (Å²) in [6.07, 6.45) is 0.0669. The number of nitriles is 2. The first-order chi connectivity index (χ1) is 14.2. The van der Waals surface area contributed by atoms with E-state index in [1.807, 2.05) is 24.3 Å². The normalized spacial score (nSPS) is 24.5. The van der Waals surface area contributed by atoms with Gasteiger partial charge in [0.1, 0.15) is 11.7 Å². The zero-order valence-corrected chi connectivity index (χ0v) is 16.5. The fourth-order valence-corrected chi connectivity index (χ4v) is 4.09. The summed E-state index contributed by atoms with van der Waals surface area (Å²) in [7, 11) is 0. The van der Waals surface area contributed by atoms with Gasteiger partial charge in [-0.1, -0.05) is 17.3 Å². The summed E-state index contributed by atoms with van der Waals surface area (Å²) in [5.74, 6) is 0.678. The highest BCUT2D eigenvalue weighted by Gasteiger charge is 2.33. The second kappa shape index (κ2) is 8.73. The van der Waals surface area contributed by atoms with Crippen LogP contribution in [0.15, 0.2) is 34.9 Å². The molecule has 0 spiro atoms. The third kappa shape index (κ3) is 4.16. The molecule has 0 saturated carbocycles. The van der Waals surface area contributed by atoms with Gasteiger partial charge in [-0.3, -0.25) is 20.4 Å². The number of hydrogen-bond donors (Lipinski definition) is 2. The first-order valence-electron chi connectivity index (χ1n) is 10.0. The van der Waals surface area contributed by atoms with Crippen LogP contribution in [0.2, 0.25) is 0 Å². The quantitative estimate of drug-likeness (QED) is 0.804. The molecule has 2 aromatic rings. The number of hydrogen-bond acceptors (Lipinski definition) is 8. The molecule has 4 rings (SSSR count). The standard InChI is InChI=1S/C21H25N7O/c1-15(18-12-20(29-26-18)17-4-2-3-16(11-17)13-22)27-7-9-28(10-8-27)21-19(14-23)24-5-6-25-21/h2-4,11-12,15,19,21,24-25H,5-10H2,1H3. The predicted octanol–water partition coefficient (Wildman–Crippen LogP) is 1.30. The molecule has 3 heterocycles. The Hall–Kier alpha value is -2.75. The Labute approximate surface area is 170 Å². The van der Waals surface area contributed by atoms with E-state index in [0.717, 1.165) is 50.5 Å². The molecule has 8 nitrogen and oxygen atoms in total. The van der Waals surface area contributed by atoms with Crippen molar-refractivity contribution >= 4 is 0 Å². The van der Waals surface area contributed by atoms with E-state index >= 15 is 0 Å². The summed E-state index contributed by atoms with van der Waals surface area (Å²) < 4.78 is 5.56. The molecule has 29 heavy (non-hydrogen) atoms. The Kier molecular flexibility index (Phi) is 5.89. The van der Waals surface area contributed by atoms with E-state index < -0.39 is 0 Å². The second-order valence-electron chi connectivity index (χ2n) is 7.52. The highest BCUT2D eigenvalue weighted by atomic mass is 16.5. The van der Waals surface area contributed by atoms with Gasteiger partial charge in [-0.15, -0.1) is 0 Å². The molecule has 8 heteroatoms. The van der Waals surface area contributed by atoms with Gasteiger partial charge in [0.2, 0.25) is 0 Å². The second-order valence-corrected chi connectivity index (χ2v) is 7.52. The number of benzene rings is 1. The minimum atomic E-state index is -0.171. The molecular weight excluding hydrogens is 366 g/mol. The Morgan fingerprint density at radius 2 is 1.93 bits per heavy atom. The minimum absolute atomic E-state index is 0.0669. The van der Waals surface area contributed by atoms with Gasteiger partial charge >= 0.3 is 0 Å². The lowest BCUT2D eigenvalue weighted by atomic mass is 10.1. The van der Waals surface area contributed by atoms with E-state index in [0.29, 0.717) is 11.3 Å². The zero-order valence-electron chi connectivity index (χ0n) is 16.5. The first kappa shape index (κ1) is 19.6. The fourth-order valence-electron chi connectivity index (χ4n) is 4.09. The van der Waals surface area contributed by atoms with Gasteiger partial charge in [-0.2, -0.15) is 10.5 Å². The number of rotatable bonds is 4. The van der Waals surface area contributed by atoms with Crippen LogP contribution >= 0.6 is 0 Å². The van der Waals surface area contributed by atoms with Crippen molar-refractivity contribution in [3.8, 4) is 23.5 Å². The first-order valence-corrected chi connectivity index (χ1v) is 10.0. The summed E-state index contributed by atoms with van der Waals surface area (Å²) >= 11 is 0. The molecule has 1 aromatic heterocycles. The van der Waals surface area contributed by atoms with Gasteiger partial charge in [0, 0.05) is 50.9 Å². The molecule has 0 bridgehead atoms. The van der Waals surface area contributed by atoms with Crippen molar-refractivity contribution in [1.82, 2.24) is 25.6 Å². The number of nitrogens with zero attached hydrogens (tertiary/aromatic N) is 5. The van der Waals surface area contributed by atoms with E-state index in [4.69, 9.17) is 9.78 Å². The summed E-state index contributed by atoms with van der Waals surface area (Å²) in [5, 5.41) is 29.5. The van der Waals surface area contributed by atoms with Crippen molar-refractivity contribution in [2.45, 2.75) is 25.2 Å². The maximum absolute atomic E-state index is 9.38. The number of piperazine rings is 2. The van der Waals surface area contributed by atoms with Crippen LogP contribution in [0.5, 0.6) is 0 Å². The number of aromatic nitrogens is 1. The summed E-state index contributed by atoms with van der Waals surface area (Å²) in [5.41, 5.74) is 2.35. The average molecular weight is 391 g/mol. The Morgan fingerprint density at radius 3 is 2.69 bits per heavy atom. The summed E-state index contributed by atoms with van der Waals surface area (Å²) in [4.78, 5) is 4.74. The Balaban J connectivity index is 1.39. The van der Waals surface area contributed by atoms with Gasteiger partial charge in [-0.05, 0) is 19.1 Å². The lowest BCUT2D eigenvalue weighted by molar-refractivity contribution is 0.0457. The number of nitrogens with one attached hydrogen (secondary N) is 2. The van der Waals surface area contributed by atoms with E-state index in [2.05, 4.69) is 44.7 Å². The zero-order chi connectivity index (χ0) is 20.2. The van der Waals surface area contributed by atoms with E-state index in [-0.39, 0.29) is 18.2 Å². The van der Waals surface area contributed by atoms with Gasteiger partial charge in [0.15, 0.2) is 5.76 Å². The molecule has 150 valence electrons. The van der Waals surface area contributed by atoms with E-state index in [1.165, 1.54) is 0 Å². The third-order valence-corrected chi connectivity index (χ3v) is 5.82. The predicted molar refractivity (Wildman–Crippen MR) is 107 cm³/mol. The highest BCUT2D eigenvalue weighted by molar-refractivity contribution is 5.59. The summed E-state index contributed by atoms with van der Waals surface area (Å²) in [6.45, 7) is 7.47. The maximum Gasteiger partial charge on any atom is 0.167 e. The van der Waals surface area contributed by atoms with Crippen molar-refractivity contribution in [2.75, 3.05) is 39.3 Å². The van der Waals surface area contributed by atoms with Gasteiger partial charge in [-0.25, -0.2) is 0 Å². The molecule has 2 fully saturated rings. The Morgan fingerprint density at radius 1 is 1.14 bits per heavy atom. The van der Waals surface area contributed by atoms with Crippen LogP contribution in [0.3, 0.4) is 0 Å². The lowest BCUT2D eigenvalue weighted by Crippen LogP contribution is -2.65. The highest BCUT2D eigenvalue weighted by Crippen LogP contribution is 2.27. The van der Waals surface area contributed by atoms with E-state index in [1.54, 1.807) is 6.07 Å². The molecule has 1 aromatic carbocycles. The average Bonchev–Trinajstić information content (AvgIpc) is 3.29. The van der Waals surface area contributed by atoms with E-state index in [9.17, 15) is 5.26 Å². The fraction of sp³-hybridized carbons (Fsp3) is 0.476.